The lowest BCUT2D eigenvalue weighted by atomic mass is 10.2. The molecule has 3 N–H and O–H groups in total. The summed E-state index contributed by atoms with van der Waals surface area (Å²) in [5.41, 5.74) is 0. The van der Waals surface area contributed by atoms with Crippen LogP contribution < -0.4 is 10.5 Å². The van der Waals surface area contributed by atoms with Crippen LogP contribution in [0.2, 0.25) is 0 Å². The largest absolute Gasteiger partial charge is 0.317 e. The van der Waals surface area contributed by atoms with E-state index in [0.29, 0.717) is 0 Å². The van der Waals surface area contributed by atoms with Crippen LogP contribution in [-0.2, 0) is 0 Å². The maximum Gasteiger partial charge on any atom is 0.00764 e. The van der Waals surface area contributed by atoms with Crippen molar-refractivity contribution in [1.29, 1.82) is 0 Å². The third-order valence-corrected chi connectivity index (χ3v) is 1.89. The average Bonchev–Trinajstić information content (AvgIpc) is 1.97. The highest BCUT2D eigenvalue weighted by Crippen LogP contribution is 1.98. The standard InChI is InChI=1S/C7H18N2S/c1-2-9-6-4-3-5-7-10-8/h9H,2-8H2,1H3. The first-order valence-electron chi connectivity index (χ1n) is 3.94. The monoisotopic (exact) mass is 162 g/mol. The van der Waals surface area contributed by atoms with Gasteiger partial charge >= 0.3 is 0 Å². The number of nitrogens with two attached hydrogens (primary N) is 1. The zero-order chi connectivity index (χ0) is 7.66. The van der Waals surface area contributed by atoms with Crippen molar-refractivity contribution < 1.29 is 0 Å². The van der Waals surface area contributed by atoms with Gasteiger partial charge in [0.15, 0.2) is 0 Å². The van der Waals surface area contributed by atoms with Gasteiger partial charge < -0.3 is 5.32 Å². The zero-order valence-electron chi connectivity index (χ0n) is 6.73. The molecule has 0 unspecified atom stereocenters. The lowest BCUT2D eigenvalue weighted by Crippen LogP contribution is -2.13. The fourth-order valence-electron chi connectivity index (χ4n) is 0.789. The second-order valence-electron chi connectivity index (χ2n) is 2.29. The molecular weight excluding hydrogens is 144 g/mol. The van der Waals surface area contributed by atoms with Crippen LogP contribution in [0.4, 0.5) is 0 Å². The van der Waals surface area contributed by atoms with Gasteiger partial charge in [0.1, 0.15) is 0 Å². The Bertz CT molecular complexity index is 51.6. The summed E-state index contributed by atoms with van der Waals surface area (Å²) in [7, 11) is 0. The van der Waals surface area contributed by atoms with Gasteiger partial charge in [0.05, 0.1) is 0 Å². The van der Waals surface area contributed by atoms with Crippen LogP contribution in [0.5, 0.6) is 0 Å². The quantitative estimate of drug-likeness (QED) is 0.438. The Kier molecular flexibility index (Phi) is 9.52. The van der Waals surface area contributed by atoms with E-state index in [-0.39, 0.29) is 0 Å². The van der Waals surface area contributed by atoms with Gasteiger partial charge in [-0.1, -0.05) is 25.3 Å². The molecule has 0 aliphatic heterocycles. The Balaban J connectivity index is 2.65. The predicted molar refractivity (Wildman–Crippen MR) is 49.0 cm³/mol. The highest BCUT2D eigenvalue weighted by molar-refractivity contribution is 7.97. The van der Waals surface area contributed by atoms with E-state index in [1.165, 1.54) is 31.2 Å². The number of hydrogen-bond donors (Lipinski definition) is 2. The fraction of sp³-hybridized carbons (Fsp3) is 1.00. The molecule has 0 amide bonds. The molecule has 0 aliphatic rings. The van der Waals surface area contributed by atoms with Crippen molar-refractivity contribution in [2.45, 2.75) is 26.2 Å². The molecule has 0 saturated heterocycles. The Hall–Kier alpha value is 0.270. The molecule has 0 aliphatic carbocycles. The molecule has 0 aromatic heterocycles. The number of nitrogens with one attached hydrogen (secondary N) is 1. The maximum absolute atomic E-state index is 5.27. The van der Waals surface area contributed by atoms with Gasteiger partial charge in [0, 0.05) is 5.75 Å². The van der Waals surface area contributed by atoms with Gasteiger partial charge in [-0.15, -0.1) is 0 Å². The summed E-state index contributed by atoms with van der Waals surface area (Å²) in [6, 6.07) is 0. The van der Waals surface area contributed by atoms with E-state index in [1.807, 2.05) is 0 Å². The summed E-state index contributed by atoms with van der Waals surface area (Å²) in [4.78, 5) is 0. The van der Waals surface area contributed by atoms with Crippen LogP contribution in [0, 0.1) is 0 Å². The van der Waals surface area contributed by atoms with Gasteiger partial charge in [-0.2, -0.15) is 0 Å². The van der Waals surface area contributed by atoms with Gasteiger partial charge in [0.25, 0.3) is 0 Å². The maximum atomic E-state index is 5.27. The van der Waals surface area contributed by atoms with E-state index in [4.69, 9.17) is 5.14 Å². The van der Waals surface area contributed by atoms with Crippen molar-refractivity contribution in [3.63, 3.8) is 0 Å². The lowest BCUT2D eigenvalue weighted by Gasteiger charge is -1.99. The first-order valence-corrected chi connectivity index (χ1v) is 4.99. The van der Waals surface area contributed by atoms with Gasteiger partial charge in [-0.25, -0.2) is 0 Å². The summed E-state index contributed by atoms with van der Waals surface area (Å²) >= 11 is 1.45. The van der Waals surface area contributed by atoms with Crippen molar-refractivity contribution in [1.82, 2.24) is 5.32 Å². The molecule has 0 heterocycles. The van der Waals surface area contributed by atoms with Crippen LogP contribution in [0.15, 0.2) is 0 Å². The Morgan fingerprint density at radius 3 is 2.70 bits per heavy atom. The van der Waals surface area contributed by atoms with Gasteiger partial charge in [-0.3, -0.25) is 5.14 Å². The Labute approximate surface area is 68.1 Å². The molecule has 10 heavy (non-hydrogen) atoms. The minimum atomic E-state index is 1.09. The number of unbranched alkanes of at least 4 members (excludes halogenated alkanes) is 2. The summed E-state index contributed by atoms with van der Waals surface area (Å²) in [6.45, 7) is 4.38. The predicted octanol–water partition coefficient (Wildman–Crippen LogP) is 1.37. The SMILES string of the molecule is CCNCCCCCSN. The van der Waals surface area contributed by atoms with E-state index in [9.17, 15) is 0 Å². The molecule has 3 heteroatoms. The molecule has 0 bridgehead atoms. The Morgan fingerprint density at radius 1 is 1.30 bits per heavy atom. The topological polar surface area (TPSA) is 38.0 Å². The van der Waals surface area contributed by atoms with Crippen LogP contribution >= 0.6 is 11.9 Å². The van der Waals surface area contributed by atoms with Crippen molar-refractivity contribution in [3.05, 3.63) is 0 Å². The molecule has 0 saturated carbocycles. The minimum absolute atomic E-state index is 1.09. The first-order chi connectivity index (χ1) is 4.91. The van der Waals surface area contributed by atoms with Crippen LogP contribution in [0.3, 0.4) is 0 Å². The molecule has 0 aromatic carbocycles. The number of hydrogen-bond acceptors (Lipinski definition) is 3. The van der Waals surface area contributed by atoms with Crippen LogP contribution in [0.25, 0.3) is 0 Å². The van der Waals surface area contributed by atoms with Crippen molar-refractivity contribution in [3.8, 4) is 0 Å². The second kappa shape index (κ2) is 9.27. The smallest absolute Gasteiger partial charge is 0.00764 e. The minimum Gasteiger partial charge on any atom is -0.317 e. The average molecular weight is 162 g/mol. The molecule has 0 fully saturated rings. The van der Waals surface area contributed by atoms with E-state index >= 15 is 0 Å². The normalized spacial score (nSPS) is 10.2. The highest BCUT2D eigenvalue weighted by Gasteiger charge is 1.87. The summed E-state index contributed by atoms with van der Waals surface area (Å²) in [5.74, 6) is 1.10. The van der Waals surface area contributed by atoms with E-state index < -0.39 is 0 Å². The van der Waals surface area contributed by atoms with Crippen molar-refractivity contribution in [2.24, 2.45) is 5.14 Å². The highest BCUT2D eigenvalue weighted by atomic mass is 32.2. The first kappa shape index (κ1) is 10.3. The molecule has 62 valence electrons. The van der Waals surface area contributed by atoms with E-state index in [0.717, 1.165) is 18.8 Å². The van der Waals surface area contributed by atoms with Gasteiger partial charge in [0.2, 0.25) is 0 Å². The van der Waals surface area contributed by atoms with Gasteiger partial charge in [-0.05, 0) is 25.9 Å². The molecule has 0 spiro atoms. The molecule has 0 aromatic rings. The number of rotatable bonds is 7. The van der Waals surface area contributed by atoms with Crippen molar-refractivity contribution >= 4 is 11.9 Å². The third kappa shape index (κ3) is 8.27. The summed E-state index contributed by atoms with van der Waals surface area (Å²) < 4.78 is 0. The molecular formula is C7H18N2S. The third-order valence-electron chi connectivity index (χ3n) is 1.37. The lowest BCUT2D eigenvalue weighted by molar-refractivity contribution is 0.636. The van der Waals surface area contributed by atoms with E-state index in [1.54, 1.807) is 0 Å². The second-order valence-corrected chi connectivity index (χ2v) is 3.03. The fourth-order valence-corrected chi connectivity index (χ4v) is 1.16. The summed E-state index contributed by atoms with van der Waals surface area (Å²) in [6.07, 6.45) is 3.85. The molecule has 0 rings (SSSR count). The van der Waals surface area contributed by atoms with Crippen molar-refractivity contribution in [2.75, 3.05) is 18.8 Å². The van der Waals surface area contributed by atoms with Crippen LogP contribution in [0.1, 0.15) is 26.2 Å². The van der Waals surface area contributed by atoms with E-state index in [2.05, 4.69) is 12.2 Å². The Morgan fingerprint density at radius 2 is 2.10 bits per heavy atom. The molecule has 2 nitrogen and oxygen atoms in total. The zero-order valence-corrected chi connectivity index (χ0v) is 7.54. The molecule has 0 radical (unpaired) electrons. The molecule has 0 atom stereocenters. The van der Waals surface area contributed by atoms with Crippen LogP contribution in [-0.4, -0.2) is 18.8 Å². The summed E-state index contributed by atoms with van der Waals surface area (Å²) in [5, 5.41) is 8.56.